The summed E-state index contributed by atoms with van der Waals surface area (Å²) in [5.41, 5.74) is 5.29. The van der Waals surface area contributed by atoms with E-state index in [0.29, 0.717) is 16.8 Å². The van der Waals surface area contributed by atoms with Gasteiger partial charge >= 0.3 is 0 Å². The zero-order valence-electron chi connectivity index (χ0n) is 18.5. The molecule has 3 N–H and O–H groups in total. The van der Waals surface area contributed by atoms with Gasteiger partial charge in [-0.1, -0.05) is 42.5 Å². The van der Waals surface area contributed by atoms with E-state index in [1.54, 1.807) is 54.0 Å². The van der Waals surface area contributed by atoms with E-state index in [0.717, 1.165) is 42.6 Å². The van der Waals surface area contributed by atoms with Crippen molar-refractivity contribution in [2.45, 2.75) is 12.8 Å². The van der Waals surface area contributed by atoms with Crippen molar-refractivity contribution in [3.05, 3.63) is 95.6 Å². The Kier molecular flexibility index (Phi) is 7.15. The first-order valence-corrected chi connectivity index (χ1v) is 11.1. The fourth-order valence-electron chi connectivity index (χ4n) is 3.89. The van der Waals surface area contributed by atoms with Crippen LogP contribution in [0.1, 0.15) is 39.1 Å². The Morgan fingerprint density at radius 3 is 2.21 bits per heavy atom. The topological polar surface area (TPSA) is 98.7 Å². The standard InChI is InChI=1S/C27H25N3O4/c31-25(13-8-19-6-2-1-3-7-19)28-24-17-22(20-9-11-21(12-10-20)26(32)29-34)16-23(18-24)27(33)30-14-4-5-15-30/h1-3,6-13,16-18,34H,4-5,14-15H2,(H,28,31)(H,29,32). The van der Waals surface area contributed by atoms with E-state index in [1.165, 1.54) is 6.08 Å². The highest BCUT2D eigenvalue weighted by molar-refractivity contribution is 6.04. The molecule has 34 heavy (non-hydrogen) atoms. The summed E-state index contributed by atoms with van der Waals surface area (Å²) in [6.07, 6.45) is 5.13. The van der Waals surface area contributed by atoms with Crippen LogP contribution in [-0.2, 0) is 4.79 Å². The van der Waals surface area contributed by atoms with E-state index in [4.69, 9.17) is 5.21 Å². The van der Waals surface area contributed by atoms with Crippen LogP contribution >= 0.6 is 0 Å². The van der Waals surface area contributed by atoms with Crippen molar-refractivity contribution in [2.24, 2.45) is 0 Å². The van der Waals surface area contributed by atoms with Crippen LogP contribution < -0.4 is 10.8 Å². The predicted molar refractivity (Wildman–Crippen MR) is 130 cm³/mol. The summed E-state index contributed by atoms with van der Waals surface area (Å²) in [5.74, 6) is -0.996. The first kappa shape index (κ1) is 22.9. The minimum atomic E-state index is -0.609. The molecule has 1 aliphatic rings. The number of hydrogen-bond acceptors (Lipinski definition) is 4. The summed E-state index contributed by atoms with van der Waals surface area (Å²) in [7, 11) is 0. The van der Waals surface area contributed by atoms with E-state index in [1.807, 2.05) is 35.2 Å². The summed E-state index contributed by atoms with van der Waals surface area (Å²) in [4.78, 5) is 39.1. The van der Waals surface area contributed by atoms with Crippen molar-refractivity contribution in [1.29, 1.82) is 0 Å². The summed E-state index contributed by atoms with van der Waals surface area (Å²) in [5, 5.41) is 11.7. The monoisotopic (exact) mass is 455 g/mol. The number of hydrogen-bond donors (Lipinski definition) is 3. The van der Waals surface area contributed by atoms with E-state index in [-0.39, 0.29) is 11.8 Å². The molecule has 1 heterocycles. The second kappa shape index (κ2) is 10.6. The Bertz CT molecular complexity index is 1210. The highest BCUT2D eigenvalue weighted by atomic mass is 16.5. The Morgan fingerprint density at radius 1 is 0.824 bits per heavy atom. The van der Waals surface area contributed by atoms with Crippen LogP contribution in [0.3, 0.4) is 0 Å². The van der Waals surface area contributed by atoms with Crippen LogP contribution in [0.25, 0.3) is 17.2 Å². The molecule has 3 aromatic carbocycles. The molecule has 4 rings (SSSR count). The van der Waals surface area contributed by atoms with Crippen LogP contribution in [-0.4, -0.2) is 40.9 Å². The van der Waals surface area contributed by atoms with E-state index in [2.05, 4.69) is 5.32 Å². The lowest BCUT2D eigenvalue weighted by Gasteiger charge is -2.17. The van der Waals surface area contributed by atoms with Gasteiger partial charge in [-0.3, -0.25) is 19.6 Å². The third kappa shape index (κ3) is 5.57. The molecule has 3 amide bonds. The molecule has 0 saturated carbocycles. The Balaban J connectivity index is 1.63. The molecule has 0 unspecified atom stereocenters. The highest BCUT2D eigenvalue weighted by Gasteiger charge is 2.21. The summed E-state index contributed by atoms with van der Waals surface area (Å²) >= 11 is 0. The van der Waals surface area contributed by atoms with Gasteiger partial charge in [-0.05, 0) is 65.9 Å². The number of rotatable bonds is 6. The minimum Gasteiger partial charge on any atom is -0.339 e. The van der Waals surface area contributed by atoms with Gasteiger partial charge in [0.2, 0.25) is 5.91 Å². The maximum atomic E-state index is 13.1. The number of hydroxylamine groups is 1. The maximum Gasteiger partial charge on any atom is 0.274 e. The van der Waals surface area contributed by atoms with Gasteiger partial charge < -0.3 is 10.2 Å². The number of anilines is 1. The Hall–Kier alpha value is -4.23. The first-order chi connectivity index (χ1) is 16.5. The number of nitrogens with zero attached hydrogens (tertiary/aromatic N) is 1. The fraction of sp³-hybridized carbons (Fsp3) is 0.148. The molecular weight excluding hydrogens is 430 g/mol. The number of carbonyl (C=O) groups is 3. The average Bonchev–Trinajstić information content (AvgIpc) is 3.42. The van der Waals surface area contributed by atoms with Gasteiger partial charge in [0.25, 0.3) is 11.8 Å². The van der Waals surface area contributed by atoms with Gasteiger partial charge in [0.1, 0.15) is 0 Å². The quantitative estimate of drug-likeness (QED) is 0.292. The van der Waals surface area contributed by atoms with Crippen LogP contribution in [0.4, 0.5) is 5.69 Å². The smallest absolute Gasteiger partial charge is 0.274 e. The molecule has 0 aromatic heterocycles. The number of amides is 3. The molecule has 7 nitrogen and oxygen atoms in total. The number of carbonyl (C=O) groups excluding carboxylic acids is 3. The molecular formula is C27H25N3O4. The molecule has 7 heteroatoms. The normalized spacial score (nSPS) is 13.1. The lowest BCUT2D eigenvalue weighted by molar-refractivity contribution is -0.111. The Labute approximate surface area is 197 Å². The minimum absolute atomic E-state index is 0.0778. The third-order valence-corrected chi connectivity index (χ3v) is 5.65. The molecule has 1 saturated heterocycles. The van der Waals surface area contributed by atoms with E-state index >= 15 is 0 Å². The largest absolute Gasteiger partial charge is 0.339 e. The molecule has 0 atom stereocenters. The van der Waals surface area contributed by atoms with Gasteiger partial charge in [-0.25, -0.2) is 5.48 Å². The molecule has 0 bridgehead atoms. The van der Waals surface area contributed by atoms with E-state index in [9.17, 15) is 14.4 Å². The van der Waals surface area contributed by atoms with Crippen molar-refractivity contribution < 1.29 is 19.6 Å². The van der Waals surface area contributed by atoms with Crippen LogP contribution in [0.2, 0.25) is 0 Å². The second-order valence-corrected chi connectivity index (χ2v) is 8.05. The molecule has 0 aliphatic carbocycles. The van der Waals surface area contributed by atoms with Gasteiger partial charge in [0.15, 0.2) is 0 Å². The number of nitrogens with one attached hydrogen (secondary N) is 2. The van der Waals surface area contributed by atoms with Gasteiger partial charge in [-0.2, -0.15) is 0 Å². The molecule has 0 radical (unpaired) electrons. The van der Waals surface area contributed by atoms with Crippen molar-refractivity contribution in [3.8, 4) is 11.1 Å². The van der Waals surface area contributed by atoms with Gasteiger partial charge in [-0.15, -0.1) is 0 Å². The zero-order valence-corrected chi connectivity index (χ0v) is 18.5. The average molecular weight is 456 g/mol. The van der Waals surface area contributed by atoms with Crippen LogP contribution in [0.5, 0.6) is 0 Å². The second-order valence-electron chi connectivity index (χ2n) is 8.05. The molecule has 172 valence electrons. The fourth-order valence-corrected chi connectivity index (χ4v) is 3.89. The molecule has 1 aliphatic heterocycles. The van der Waals surface area contributed by atoms with Crippen LogP contribution in [0.15, 0.2) is 78.9 Å². The Morgan fingerprint density at radius 2 is 1.53 bits per heavy atom. The van der Waals surface area contributed by atoms with Crippen molar-refractivity contribution in [3.63, 3.8) is 0 Å². The van der Waals surface area contributed by atoms with Gasteiger partial charge in [0.05, 0.1) is 0 Å². The predicted octanol–water partition coefficient (Wildman–Crippen LogP) is 4.36. The summed E-state index contributed by atoms with van der Waals surface area (Å²) in [6, 6.07) is 21.4. The lowest BCUT2D eigenvalue weighted by Crippen LogP contribution is -2.27. The highest BCUT2D eigenvalue weighted by Crippen LogP contribution is 2.27. The maximum absolute atomic E-state index is 13.1. The molecule has 3 aromatic rings. The number of likely N-dealkylation sites (tertiary alicyclic amines) is 1. The lowest BCUT2D eigenvalue weighted by atomic mass is 10.00. The van der Waals surface area contributed by atoms with Crippen molar-refractivity contribution >= 4 is 29.5 Å². The van der Waals surface area contributed by atoms with Crippen LogP contribution in [0, 0.1) is 0 Å². The van der Waals surface area contributed by atoms with Crippen molar-refractivity contribution in [2.75, 3.05) is 18.4 Å². The molecule has 0 spiro atoms. The van der Waals surface area contributed by atoms with Gasteiger partial charge in [0, 0.05) is 36.0 Å². The first-order valence-electron chi connectivity index (χ1n) is 11.1. The SMILES string of the molecule is O=C(C=Cc1ccccc1)Nc1cc(C(=O)N2CCCC2)cc(-c2ccc(C(=O)NO)cc2)c1. The third-order valence-electron chi connectivity index (χ3n) is 5.65. The molecule has 1 fully saturated rings. The zero-order chi connectivity index (χ0) is 23.9. The van der Waals surface area contributed by atoms with E-state index < -0.39 is 5.91 Å². The van der Waals surface area contributed by atoms with Crippen molar-refractivity contribution in [1.82, 2.24) is 10.4 Å². The number of benzene rings is 3. The summed E-state index contributed by atoms with van der Waals surface area (Å²) in [6.45, 7) is 1.44. The summed E-state index contributed by atoms with van der Waals surface area (Å²) < 4.78 is 0.